The Hall–Kier alpha value is -1.59. The summed E-state index contributed by atoms with van der Waals surface area (Å²) in [5.41, 5.74) is 1.12. The summed E-state index contributed by atoms with van der Waals surface area (Å²) in [7, 11) is 0. The lowest BCUT2D eigenvalue weighted by Gasteiger charge is -2.26. The number of hydrogen-bond donors (Lipinski definition) is 1. The molecule has 1 aromatic rings. The van der Waals surface area contributed by atoms with Crippen LogP contribution in [0.5, 0.6) is 5.75 Å². The lowest BCUT2D eigenvalue weighted by molar-refractivity contribution is -0.132. The van der Waals surface area contributed by atoms with Gasteiger partial charge in [0.05, 0.1) is 0 Å². The Bertz CT molecular complexity index is 552. The molecular weight excluding hydrogens is 326 g/mol. The van der Waals surface area contributed by atoms with Crippen LogP contribution in [0, 0.1) is 0 Å². The lowest BCUT2D eigenvalue weighted by Crippen LogP contribution is -2.32. The molecule has 3 rings (SSSR count). The van der Waals surface area contributed by atoms with Crippen molar-refractivity contribution in [3.8, 4) is 5.75 Å². The molecule has 2 aliphatic rings. The zero-order chi connectivity index (χ0) is 18.0. The van der Waals surface area contributed by atoms with Crippen molar-refractivity contribution < 1.29 is 9.53 Å². The number of carbonyl (C=O) groups is 1. The number of carbonyl (C=O) groups excluding carboxylic acids is 1. The molecule has 2 saturated heterocycles. The highest BCUT2D eigenvalue weighted by Crippen LogP contribution is 2.18. The molecule has 5 heteroatoms. The van der Waals surface area contributed by atoms with Gasteiger partial charge in [0.25, 0.3) is 5.91 Å². The van der Waals surface area contributed by atoms with Gasteiger partial charge in [0.1, 0.15) is 5.75 Å². The van der Waals surface area contributed by atoms with Crippen LogP contribution in [0.2, 0.25) is 0 Å². The maximum Gasteiger partial charge on any atom is 0.260 e. The molecule has 144 valence electrons. The average molecular weight is 360 g/mol. The van der Waals surface area contributed by atoms with E-state index in [9.17, 15) is 4.79 Å². The SMILES string of the molecule is O=C(COc1ccccc1CNCCCN1CCCCC1)N1CCCC1. The van der Waals surface area contributed by atoms with Crippen LogP contribution < -0.4 is 10.1 Å². The van der Waals surface area contributed by atoms with E-state index in [0.29, 0.717) is 0 Å². The third kappa shape index (κ3) is 5.99. The predicted molar refractivity (Wildman–Crippen MR) is 104 cm³/mol. The molecule has 0 radical (unpaired) electrons. The lowest BCUT2D eigenvalue weighted by atomic mass is 10.1. The van der Waals surface area contributed by atoms with Gasteiger partial charge in [-0.15, -0.1) is 0 Å². The summed E-state index contributed by atoms with van der Waals surface area (Å²) < 4.78 is 5.82. The minimum Gasteiger partial charge on any atom is -0.483 e. The fraction of sp³-hybridized carbons (Fsp3) is 0.667. The van der Waals surface area contributed by atoms with Crippen molar-refractivity contribution in [3.63, 3.8) is 0 Å². The fourth-order valence-corrected chi connectivity index (χ4v) is 3.82. The molecule has 1 amide bonds. The first-order chi connectivity index (χ1) is 12.8. The van der Waals surface area contributed by atoms with Gasteiger partial charge in [0.15, 0.2) is 6.61 Å². The number of likely N-dealkylation sites (tertiary alicyclic amines) is 2. The highest BCUT2D eigenvalue weighted by atomic mass is 16.5. The number of para-hydroxylation sites is 1. The number of nitrogens with zero attached hydrogens (tertiary/aromatic N) is 2. The molecular formula is C21H33N3O2. The molecule has 0 aliphatic carbocycles. The molecule has 2 aliphatic heterocycles. The van der Waals surface area contributed by atoms with Gasteiger partial charge in [-0.3, -0.25) is 4.79 Å². The highest BCUT2D eigenvalue weighted by Gasteiger charge is 2.18. The molecule has 0 aromatic heterocycles. The normalized spacial score (nSPS) is 18.2. The van der Waals surface area contributed by atoms with E-state index in [2.05, 4.69) is 16.3 Å². The molecule has 1 aromatic carbocycles. The molecule has 0 atom stereocenters. The molecule has 2 heterocycles. The van der Waals surface area contributed by atoms with Crippen molar-refractivity contribution in [2.75, 3.05) is 45.9 Å². The van der Waals surface area contributed by atoms with Crippen LogP contribution in [0.15, 0.2) is 24.3 Å². The van der Waals surface area contributed by atoms with E-state index in [0.717, 1.165) is 50.3 Å². The van der Waals surface area contributed by atoms with Crippen LogP contribution in [0.4, 0.5) is 0 Å². The minimum absolute atomic E-state index is 0.104. The second-order valence-electron chi connectivity index (χ2n) is 7.42. The van der Waals surface area contributed by atoms with E-state index in [1.165, 1.54) is 45.3 Å². The summed E-state index contributed by atoms with van der Waals surface area (Å²) >= 11 is 0. The number of amides is 1. The first-order valence-electron chi connectivity index (χ1n) is 10.2. The van der Waals surface area contributed by atoms with Crippen molar-refractivity contribution in [1.29, 1.82) is 0 Å². The first kappa shape index (κ1) is 19.2. The Balaban J connectivity index is 1.36. The molecule has 5 nitrogen and oxygen atoms in total. The van der Waals surface area contributed by atoms with Crippen LogP contribution in [-0.4, -0.2) is 61.6 Å². The van der Waals surface area contributed by atoms with Crippen LogP contribution in [0.1, 0.15) is 44.1 Å². The maximum atomic E-state index is 12.2. The van der Waals surface area contributed by atoms with Crippen LogP contribution in [0.3, 0.4) is 0 Å². The largest absolute Gasteiger partial charge is 0.483 e. The number of benzene rings is 1. The molecule has 1 N–H and O–H groups in total. The number of piperidine rings is 1. The standard InChI is InChI=1S/C21H33N3O2/c25-21(24-15-6-7-16-24)18-26-20-10-3-2-9-19(20)17-22-11-8-14-23-12-4-1-5-13-23/h2-3,9-10,22H,1,4-8,11-18H2. The van der Waals surface area contributed by atoms with E-state index < -0.39 is 0 Å². The second-order valence-corrected chi connectivity index (χ2v) is 7.42. The monoisotopic (exact) mass is 359 g/mol. The number of rotatable bonds is 9. The van der Waals surface area contributed by atoms with Gasteiger partial charge in [-0.25, -0.2) is 0 Å². The van der Waals surface area contributed by atoms with E-state index in [1.54, 1.807) is 0 Å². The Kier molecular flexibility index (Phi) is 7.77. The van der Waals surface area contributed by atoms with E-state index in [1.807, 2.05) is 23.1 Å². The zero-order valence-corrected chi connectivity index (χ0v) is 15.9. The van der Waals surface area contributed by atoms with Crippen LogP contribution in [0.25, 0.3) is 0 Å². The number of ether oxygens (including phenoxy) is 1. The van der Waals surface area contributed by atoms with Crippen molar-refractivity contribution in [1.82, 2.24) is 15.1 Å². The van der Waals surface area contributed by atoms with Crippen LogP contribution in [-0.2, 0) is 11.3 Å². The number of nitrogens with one attached hydrogen (secondary N) is 1. The van der Waals surface area contributed by atoms with Gasteiger partial charge < -0.3 is 19.9 Å². The van der Waals surface area contributed by atoms with Crippen molar-refractivity contribution in [3.05, 3.63) is 29.8 Å². The van der Waals surface area contributed by atoms with Gasteiger partial charge in [-0.1, -0.05) is 24.6 Å². The summed E-state index contributed by atoms with van der Waals surface area (Å²) in [4.78, 5) is 16.6. The Morgan fingerprint density at radius 3 is 2.54 bits per heavy atom. The minimum atomic E-state index is 0.104. The van der Waals surface area contributed by atoms with E-state index in [4.69, 9.17) is 4.74 Å². The molecule has 0 unspecified atom stereocenters. The summed E-state index contributed by atoms with van der Waals surface area (Å²) in [6.45, 7) is 7.42. The third-order valence-electron chi connectivity index (χ3n) is 5.37. The first-order valence-corrected chi connectivity index (χ1v) is 10.2. The van der Waals surface area contributed by atoms with Gasteiger partial charge in [0.2, 0.25) is 0 Å². The molecule has 0 spiro atoms. The van der Waals surface area contributed by atoms with E-state index >= 15 is 0 Å². The Morgan fingerprint density at radius 2 is 1.73 bits per heavy atom. The maximum absolute atomic E-state index is 12.2. The zero-order valence-electron chi connectivity index (χ0n) is 15.9. The molecule has 0 saturated carbocycles. The van der Waals surface area contributed by atoms with Crippen molar-refractivity contribution >= 4 is 5.91 Å². The third-order valence-corrected chi connectivity index (χ3v) is 5.37. The van der Waals surface area contributed by atoms with Gasteiger partial charge in [0, 0.05) is 25.2 Å². The fourth-order valence-electron chi connectivity index (χ4n) is 3.82. The predicted octanol–water partition coefficient (Wildman–Crippen LogP) is 2.65. The van der Waals surface area contributed by atoms with E-state index in [-0.39, 0.29) is 12.5 Å². The molecule has 0 bridgehead atoms. The summed E-state index contributed by atoms with van der Waals surface area (Å²) in [5.74, 6) is 0.926. The Labute approximate surface area is 157 Å². The Morgan fingerprint density at radius 1 is 1.00 bits per heavy atom. The van der Waals surface area contributed by atoms with Gasteiger partial charge in [-0.2, -0.15) is 0 Å². The summed E-state index contributed by atoms with van der Waals surface area (Å²) in [5, 5.41) is 3.52. The summed E-state index contributed by atoms with van der Waals surface area (Å²) in [6.07, 6.45) is 7.51. The van der Waals surface area contributed by atoms with Gasteiger partial charge >= 0.3 is 0 Å². The second kappa shape index (κ2) is 10.5. The average Bonchev–Trinajstić information content (AvgIpc) is 3.22. The quantitative estimate of drug-likeness (QED) is 0.689. The smallest absolute Gasteiger partial charge is 0.260 e. The van der Waals surface area contributed by atoms with Crippen LogP contribution >= 0.6 is 0 Å². The van der Waals surface area contributed by atoms with Crippen molar-refractivity contribution in [2.45, 2.75) is 45.1 Å². The molecule has 2 fully saturated rings. The number of hydrogen-bond acceptors (Lipinski definition) is 4. The molecule has 26 heavy (non-hydrogen) atoms. The summed E-state index contributed by atoms with van der Waals surface area (Å²) in [6, 6.07) is 8.03. The topological polar surface area (TPSA) is 44.8 Å². The highest BCUT2D eigenvalue weighted by molar-refractivity contribution is 5.78. The van der Waals surface area contributed by atoms with Crippen molar-refractivity contribution in [2.24, 2.45) is 0 Å². The van der Waals surface area contributed by atoms with Gasteiger partial charge in [-0.05, 0) is 64.3 Å².